The first-order valence-corrected chi connectivity index (χ1v) is 7.10. The van der Waals surface area contributed by atoms with Gasteiger partial charge in [-0.05, 0) is 18.2 Å². The minimum absolute atomic E-state index is 0.0295. The van der Waals surface area contributed by atoms with Crippen LogP contribution in [0.2, 0.25) is 0 Å². The van der Waals surface area contributed by atoms with Crippen LogP contribution in [0.3, 0.4) is 0 Å². The molecule has 0 saturated carbocycles. The number of aromatic nitrogens is 3. The summed E-state index contributed by atoms with van der Waals surface area (Å²) in [5.41, 5.74) is 0.568. The molecule has 8 heteroatoms. The molecule has 3 heterocycles. The SMILES string of the molecule is Cn1nc(C(=O)N2CCN(c3cccnc3)C(=O)C2)ccc1=O. The monoisotopic (exact) mass is 313 g/mol. The lowest BCUT2D eigenvalue weighted by atomic mass is 10.2. The first-order chi connectivity index (χ1) is 11.1. The van der Waals surface area contributed by atoms with Gasteiger partial charge in [0, 0.05) is 32.4 Å². The summed E-state index contributed by atoms with van der Waals surface area (Å²) in [6.07, 6.45) is 3.25. The number of hydrogen-bond acceptors (Lipinski definition) is 5. The average Bonchev–Trinajstić information content (AvgIpc) is 2.57. The molecule has 1 aliphatic heterocycles. The number of pyridine rings is 1. The Kier molecular flexibility index (Phi) is 3.88. The van der Waals surface area contributed by atoms with Gasteiger partial charge in [0.1, 0.15) is 12.2 Å². The molecule has 1 aliphatic rings. The fourth-order valence-corrected chi connectivity index (χ4v) is 2.41. The summed E-state index contributed by atoms with van der Waals surface area (Å²) in [6.45, 7) is 0.754. The maximum absolute atomic E-state index is 12.4. The van der Waals surface area contributed by atoms with E-state index in [-0.39, 0.29) is 29.6 Å². The van der Waals surface area contributed by atoms with E-state index < -0.39 is 0 Å². The van der Waals surface area contributed by atoms with Crippen molar-refractivity contribution in [3.63, 3.8) is 0 Å². The Morgan fingerprint density at radius 3 is 2.65 bits per heavy atom. The van der Waals surface area contributed by atoms with Gasteiger partial charge in [-0.3, -0.25) is 19.4 Å². The van der Waals surface area contributed by atoms with Crippen molar-refractivity contribution >= 4 is 17.5 Å². The summed E-state index contributed by atoms with van der Waals surface area (Å²) in [6, 6.07) is 6.22. The van der Waals surface area contributed by atoms with Crippen molar-refractivity contribution in [3.8, 4) is 0 Å². The number of hydrogen-bond donors (Lipinski definition) is 0. The molecule has 0 unspecified atom stereocenters. The van der Waals surface area contributed by atoms with Crippen LogP contribution in [0.5, 0.6) is 0 Å². The highest BCUT2D eigenvalue weighted by atomic mass is 16.2. The van der Waals surface area contributed by atoms with Crippen LogP contribution in [0.1, 0.15) is 10.5 Å². The Balaban J connectivity index is 1.74. The molecule has 0 radical (unpaired) electrons. The summed E-state index contributed by atoms with van der Waals surface area (Å²) < 4.78 is 1.10. The number of anilines is 1. The molecule has 0 atom stereocenters. The van der Waals surface area contributed by atoms with Gasteiger partial charge in [-0.1, -0.05) is 0 Å². The number of carbonyl (C=O) groups is 2. The van der Waals surface area contributed by atoms with Crippen LogP contribution in [-0.4, -0.2) is 51.1 Å². The number of amides is 2. The van der Waals surface area contributed by atoms with Crippen molar-refractivity contribution in [2.75, 3.05) is 24.5 Å². The summed E-state index contributed by atoms with van der Waals surface area (Å²) in [5, 5.41) is 3.93. The lowest BCUT2D eigenvalue weighted by molar-refractivity contribution is -0.120. The third-order valence-corrected chi connectivity index (χ3v) is 3.65. The highest BCUT2D eigenvalue weighted by Gasteiger charge is 2.29. The molecule has 0 bridgehead atoms. The molecule has 2 amide bonds. The second-order valence-electron chi connectivity index (χ2n) is 5.16. The largest absolute Gasteiger partial charge is 0.326 e. The van der Waals surface area contributed by atoms with Crippen LogP contribution >= 0.6 is 0 Å². The molecule has 23 heavy (non-hydrogen) atoms. The van der Waals surface area contributed by atoms with Crippen LogP contribution in [0.4, 0.5) is 5.69 Å². The van der Waals surface area contributed by atoms with Gasteiger partial charge in [-0.2, -0.15) is 5.10 Å². The van der Waals surface area contributed by atoms with Gasteiger partial charge in [0.05, 0.1) is 11.9 Å². The zero-order valence-corrected chi connectivity index (χ0v) is 12.5. The normalized spacial score (nSPS) is 14.9. The standard InChI is InChI=1S/C15H15N5O3/c1-18-13(21)5-4-12(17-18)15(23)19-7-8-20(14(22)10-19)11-3-2-6-16-9-11/h2-6,9H,7-8,10H2,1H3. The van der Waals surface area contributed by atoms with Gasteiger partial charge in [0.25, 0.3) is 11.5 Å². The Morgan fingerprint density at radius 2 is 2.00 bits per heavy atom. The lowest BCUT2D eigenvalue weighted by Gasteiger charge is -2.33. The highest BCUT2D eigenvalue weighted by molar-refractivity contribution is 6.00. The molecular weight excluding hydrogens is 298 g/mol. The predicted octanol–water partition coefficient (Wildman–Crippen LogP) is -0.336. The molecule has 1 saturated heterocycles. The minimum atomic E-state index is -0.361. The third-order valence-electron chi connectivity index (χ3n) is 3.65. The second-order valence-corrected chi connectivity index (χ2v) is 5.16. The molecule has 8 nitrogen and oxygen atoms in total. The molecule has 0 N–H and O–H groups in total. The summed E-state index contributed by atoms with van der Waals surface area (Å²) >= 11 is 0. The van der Waals surface area contributed by atoms with Crippen molar-refractivity contribution in [1.29, 1.82) is 0 Å². The van der Waals surface area contributed by atoms with Crippen molar-refractivity contribution in [2.24, 2.45) is 7.05 Å². The predicted molar refractivity (Wildman–Crippen MR) is 82.0 cm³/mol. The summed E-state index contributed by atoms with van der Waals surface area (Å²) in [5.74, 6) is -0.540. The number of carbonyl (C=O) groups excluding carboxylic acids is 2. The number of rotatable bonds is 2. The van der Waals surface area contributed by atoms with Crippen LogP contribution < -0.4 is 10.5 Å². The Labute approximate surface area is 132 Å². The van der Waals surface area contributed by atoms with Gasteiger partial charge >= 0.3 is 0 Å². The summed E-state index contributed by atoms with van der Waals surface area (Å²) in [4.78, 5) is 43.1. The molecule has 0 aromatic carbocycles. The van der Waals surface area contributed by atoms with Gasteiger partial charge < -0.3 is 9.80 Å². The Hall–Kier alpha value is -3.03. The van der Waals surface area contributed by atoms with E-state index in [0.717, 1.165) is 4.68 Å². The number of piperazine rings is 1. The molecule has 118 valence electrons. The van der Waals surface area contributed by atoms with Crippen LogP contribution in [0, 0.1) is 0 Å². The van der Waals surface area contributed by atoms with E-state index in [4.69, 9.17) is 0 Å². The average molecular weight is 313 g/mol. The van der Waals surface area contributed by atoms with Crippen molar-refractivity contribution in [3.05, 3.63) is 52.7 Å². The van der Waals surface area contributed by atoms with Gasteiger partial charge in [0.15, 0.2) is 0 Å². The minimum Gasteiger partial charge on any atom is -0.326 e. The third kappa shape index (κ3) is 2.96. The molecule has 2 aromatic heterocycles. The lowest BCUT2D eigenvalue weighted by Crippen LogP contribution is -2.52. The zero-order valence-electron chi connectivity index (χ0n) is 12.5. The van der Waals surface area contributed by atoms with Gasteiger partial charge in [-0.25, -0.2) is 4.68 Å². The fraction of sp³-hybridized carbons (Fsp3) is 0.267. The topological polar surface area (TPSA) is 88.4 Å². The molecule has 0 spiro atoms. The van der Waals surface area contributed by atoms with Gasteiger partial charge in [-0.15, -0.1) is 0 Å². The zero-order chi connectivity index (χ0) is 16.4. The van der Waals surface area contributed by atoms with E-state index in [2.05, 4.69) is 10.1 Å². The van der Waals surface area contributed by atoms with E-state index in [9.17, 15) is 14.4 Å². The molecule has 0 aliphatic carbocycles. The molecule has 2 aromatic rings. The van der Waals surface area contributed by atoms with E-state index in [1.54, 1.807) is 29.4 Å². The number of nitrogens with zero attached hydrogens (tertiary/aromatic N) is 5. The quantitative estimate of drug-likeness (QED) is 0.757. The van der Waals surface area contributed by atoms with Gasteiger partial charge in [0.2, 0.25) is 5.91 Å². The highest BCUT2D eigenvalue weighted by Crippen LogP contribution is 2.16. The molecular formula is C15H15N5O3. The Bertz CT molecular complexity index is 802. The first kappa shape index (κ1) is 14.9. The van der Waals surface area contributed by atoms with Crippen molar-refractivity contribution < 1.29 is 9.59 Å². The number of aryl methyl sites for hydroxylation is 1. The molecule has 3 rings (SSSR count). The summed E-state index contributed by atoms with van der Waals surface area (Å²) in [7, 11) is 1.48. The van der Waals surface area contributed by atoms with E-state index in [1.807, 2.05) is 0 Å². The van der Waals surface area contributed by atoms with Crippen molar-refractivity contribution in [1.82, 2.24) is 19.7 Å². The first-order valence-electron chi connectivity index (χ1n) is 7.10. The smallest absolute Gasteiger partial charge is 0.274 e. The van der Waals surface area contributed by atoms with E-state index >= 15 is 0 Å². The van der Waals surface area contributed by atoms with E-state index in [1.165, 1.54) is 24.1 Å². The van der Waals surface area contributed by atoms with Crippen LogP contribution in [0.25, 0.3) is 0 Å². The fourth-order valence-electron chi connectivity index (χ4n) is 2.41. The molecule has 1 fully saturated rings. The maximum atomic E-state index is 12.4. The van der Waals surface area contributed by atoms with Crippen molar-refractivity contribution in [2.45, 2.75) is 0 Å². The maximum Gasteiger partial charge on any atom is 0.274 e. The Morgan fingerprint density at radius 1 is 1.17 bits per heavy atom. The van der Waals surface area contributed by atoms with E-state index in [0.29, 0.717) is 18.8 Å². The van der Waals surface area contributed by atoms with Crippen LogP contribution in [0.15, 0.2) is 41.5 Å². The van der Waals surface area contributed by atoms with Crippen LogP contribution in [-0.2, 0) is 11.8 Å². The second kappa shape index (κ2) is 5.99.